The second-order valence-electron chi connectivity index (χ2n) is 6.13. The van der Waals surface area contributed by atoms with E-state index in [0.717, 1.165) is 10.9 Å². The Hall–Kier alpha value is -3.86. The molecule has 0 saturated carbocycles. The fraction of sp³-hybridized carbons (Fsp3) is 0.0435. The van der Waals surface area contributed by atoms with Crippen LogP contribution in [0.15, 0.2) is 88.1 Å². The molecule has 0 N–H and O–H groups in total. The van der Waals surface area contributed by atoms with E-state index >= 15 is 0 Å². The van der Waals surface area contributed by atoms with Crippen LogP contribution in [0, 0.1) is 0 Å². The summed E-state index contributed by atoms with van der Waals surface area (Å²) in [6.07, 6.45) is 0. The number of fused-ring (bicyclic) bond motifs is 1. The summed E-state index contributed by atoms with van der Waals surface area (Å²) in [5.41, 5.74) is 1.50. The van der Waals surface area contributed by atoms with Crippen molar-refractivity contribution < 1.29 is 18.7 Å². The van der Waals surface area contributed by atoms with E-state index in [9.17, 15) is 9.59 Å². The molecule has 0 bridgehead atoms. The number of carbonyl (C=O) groups is 1. The third kappa shape index (κ3) is 3.50. The average Bonchev–Trinajstić information content (AvgIpc) is 2.74. The van der Waals surface area contributed by atoms with Crippen molar-refractivity contribution in [3.63, 3.8) is 0 Å². The number of esters is 1. The van der Waals surface area contributed by atoms with E-state index in [1.165, 1.54) is 6.07 Å². The SMILES string of the molecule is COc1ccc(-c2cc3ccc(OC(=O)c4ccccc4)cc3oc2=O)cc1. The Bertz CT molecular complexity index is 1190. The highest BCUT2D eigenvalue weighted by Crippen LogP contribution is 2.26. The minimum atomic E-state index is -0.475. The standard InChI is InChI=1S/C23H16O5/c1-26-18-10-7-15(8-11-18)20-13-17-9-12-19(14-21(17)28-23(20)25)27-22(24)16-5-3-2-4-6-16/h2-14H,1H3. The van der Waals surface area contributed by atoms with E-state index in [1.807, 2.05) is 6.07 Å². The first-order valence-electron chi connectivity index (χ1n) is 8.63. The van der Waals surface area contributed by atoms with Crippen LogP contribution in [-0.2, 0) is 0 Å². The van der Waals surface area contributed by atoms with Crippen LogP contribution < -0.4 is 15.1 Å². The molecular formula is C23H16O5. The zero-order valence-corrected chi connectivity index (χ0v) is 15.0. The van der Waals surface area contributed by atoms with Gasteiger partial charge in [-0.2, -0.15) is 0 Å². The number of hydrogen-bond acceptors (Lipinski definition) is 5. The number of rotatable bonds is 4. The number of hydrogen-bond donors (Lipinski definition) is 0. The summed E-state index contributed by atoms with van der Waals surface area (Å²) in [4.78, 5) is 24.6. The van der Waals surface area contributed by atoms with E-state index in [1.54, 1.807) is 73.8 Å². The fourth-order valence-corrected chi connectivity index (χ4v) is 2.87. The third-order valence-corrected chi connectivity index (χ3v) is 4.33. The molecule has 4 aromatic rings. The summed E-state index contributed by atoms with van der Waals surface area (Å²) in [5, 5.41) is 0.727. The smallest absolute Gasteiger partial charge is 0.344 e. The van der Waals surface area contributed by atoms with Crippen LogP contribution in [0.3, 0.4) is 0 Å². The summed E-state index contributed by atoms with van der Waals surface area (Å²) in [6, 6.07) is 22.6. The van der Waals surface area contributed by atoms with Crippen molar-refractivity contribution in [2.24, 2.45) is 0 Å². The molecule has 28 heavy (non-hydrogen) atoms. The first-order chi connectivity index (χ1) is 13.6. The maximum atomic E-state index is 12.4. The van der Waals surface area contributed by atoms with Crippen LogP contribution in [0.1, 0.15) is 10.4 Å². The van der Waals surface area contributed by atoms with Gasteiger partial charge in [0, 0.05) is 11.5 Å². The molecule has 0 aliphatic rings. The maximum Gasteiger partial charge on any atom is 0.344 e. The Kier molecular flexibility index (Phi) is 4.64. The zero-order chi connectivity index (χ0) is 19.5. The van der Waals surface area contributed by atoms with E-state index in [4.69, 9.17) is 13.9 Å². The van der Waals surface area contributed by atoms with E-state index in [2.05, 4.69) is 0 Å². The van der Waals surface area contributed by atoms with Crippen molar-refractivity contribution in [3.05, 3.63) is 94.8 Å². The quantitative estimate of drug-likeness (QED) is 0.295. The lowest BCUT2D eigenvalue weighted by Crippen LogP contribution is -2.08. The van der Waals surface area contributed by atoms with Crippen molar-refractivity contribution in [2.45, 2.75) is 0 Å². The van der Waals surface area contributed by atoms with Crippen molar-refractivity contribution in [1.82, 2.24) is 0 Å². The topological polar surface area (TPSA) is 65.7 Å². The molecule has 0 saturated heterocycles. The molecule has 1 heterocycles. The molecule has 5 nitrogen and oxygen atoms in total. The van der Waals surface area contributed by atoms with E-state index < -0.39 is 11.6 Å². The lowest BCUT2D eigenvalue weighted by Gasteiger charge is -2.07. The predicted molar refractivity (Wildman–Crippen MR) is 106 cm³/mol. The van der Waals surface area contributed by atoms with Gasteiger partial charge in [-0.3, -0.25) is 0 Å². The van der Waals surface area contributed by atoms with Gasteiger partial charge in [-0.25, -0.2) is 9.59 Å². The van der Waals surface area contributed by atoms with E-state index in [0.29, 0.717) is 28.2 Å². The van der Waals surface area contributed by atoms with Gasteiger partial charge < -0.3 is 13.9 Å². The Morgan fingerprint density at radius 2 is 1.57 bits per heavy atom. The molecule has 0 atom stereocenters. The molecule has 138 valence electrons. The lowest BCUT2D eigenvalue weighted by atomic mass is 10.1. The minimum Gasteiger partial charge on any atom is -0.497 e. The van der Waals surface area contributed by atoms with Gasteiger partial charge in [0.05, 0.1) is 18.2 Å². The number of ether oxygens (including phenoxy) is 2. The minimum absolute atomic E-state index is 0.307. The second kappa shape index (κ2) is 7.40. The normalized spacial score (nSPS) is 10.6. The van der Waals surface area contributed by atoms with Gasteiger partial charge in [-0.15, -0.1) is 0 Å². The summed E-state index contributed by atoms with van der Waals surface area (Å²) < 4.78 is 16.0. The molecule has 4 rings (SSSR count). The third-order valence-electron chi connectivity index (χ3n) is 4.33. The molecule has 0 aliphatic heterocycles. The second-order valence-corrected chi connectivity index (χ2v) is 6.13. The van der Waals surface area contributed by atoms with Gasteiger partial charge in [0.2, 0.25) is 0 Å². The fourth-order valence-electron chi connectivity index (χ4n) is 2.87. The van der Waals surface area contributed by atoms with Gasteiger partial charge in [-0.05, 0) is 48.0 Å². The Morgan fingerprint density at radius 3 is 2.29 bits per heavy atom. The summed E-state index contributed by atoms with van der Waals surface area (Å²) in [6.45, 7) is 0. The summed E-state index contributed by atoms with van der Waals surface area (Å²) in [7, 11) is 1.58. The predicted octanol–water partition coefficient (Wildman–Crippen LogP) is 4.69. The number of methoxy groups -OCH3 is 1. The molecular weight excluding hydrogens is 356 g/mol. The van der Waals surface area contributed by atoms with Crippen LogP contribution >= 0.6 is 0 Å². The van der Waals surface area contributed by atoms with Crippen LogP contribution in [-0.4, -0.2) is 13.1 Å². The van der Waals surface area contributed by atoms with Gasteiger partial charge in [0.15, 0.2) is 0 Å². The highest BCUT2D eigenvalue weighted by Gasteiger charge is 2.11. The zero-order valence-electron chi connectivity index (χ0n) is 15.0. The summed E-state index contributed by atoms with van der Waals surface area (Å²) >= 11 is 0. The van der Waals surface area contributed by atoms with Crippen molar-refractivity contribution in [1.29, 1.82) is 0 Å². The molecule has 0 aliphatic carbocycles. The van der Waals surface area contributed by atoms with Crippen molar-refractivity contribution in [3.8, 4) is 22.6 Å². The molecule has 5 heteroatoms. The Labute approximate surface area is 160 Å². The number of benzene rings is 3. The molecule has 3 aromatic carbocycles. The highest BCUT2D eigenvalue weighted by atomic mass is 16.5. The van der Waals surface area contributed by atoms with Crippen LogP contribution in [0.4, 0.5) is 0 Å². The average molecular weight is 372 g/mol. The first kappa shape index (κ1) is 17.5. The highest BCUT2D eigenvalue weighted by molar-refractivity contribution is 5.91. The van der Waals surface area contributed by atoms with Crippen LogP contribution in [0.5, 0.6) is 11.5 Å². The summed E-state index contributed by atoms with van der Waals surface area (Å²) in [5.74, 6) is 0.539. The van der Waals surface area contributed by atoms with Crippen molar-refractivity contribution >= 4 is 16.9 Å². The molecule has 0 radical (unpaired) electrons. The Morgan fingerprint density at radius 1 is 0.857 bits per heavy atom. The van der Waals surface area contributed by atoms with Gasteiger partial charge in [0.25, 0.3) is 0 Å². The molecule has 0 unspecified atom stereocenters. The molecule has 0 spiro atoms. The van der Waals surface area contributed by atoms with Crippen LogP contribution in [0.25, 0.3) is 22.1 Å². The monoisotopic (exact) mass is 372 g/mol. The first-order valence-corrected chi connectivity index (χ1v) is 8.63. The van der Waals surface area contributed by atoms with Gasteiger partial charge >= 0.3 is 11.6 Å². The largest absolute Gasteiger partial charge is 0.497 e. The van der Waals surface area contributed by atoms with Crippen LogP contribution in [0.2, 0.25) is 0 Å². The van der Waals surface area contributed by atoms with E-state index in [-0.39, 0.29) is 0 Å². The Balaban J connectivity index is 1.65. The van der Waals surface area contributed by atoms with Gasteiger partial charge in [0.1, 0.15) is 17.1 Å². The van der Waals surface area contributed by atoms with Crippen molar-refractivity contribution in [2.75, 3.05) is 7.11 Å². The number of carbonyl (C=O) groups excluding carboxylic acids is 1. The molecule has 0 fully saturated rings. The lowest BCUT2D eigenvalue weighted by molar-refractivity contribution is 0.0735. The molecule has 1 aromatic heterocycles. The maximum absolute atomic E-state index is 12.4. The molecule has 0 amide bonds. The van der Waals surface area contributed by atoms with Gasteiger partial charge in [-0.1, -0.05) is 30.3 Å².